The number of aryl methyl sites for hydroxylation is 1. The van der Waals surface area contributed by atoms with Crippen LogP contribution >= 0.6 is 11.5 Å². The van der Waals surface area contributed by atoms with E-state index in [-0.39, 0.29) is 6.04 Å². The summed E-state index contributed by atoms with van der Waals surface area (Å²) >= 11 is 1.42. The van der Waals surface area contributed by atoms with E-state index in [1.165, 1.54) is 11.5 Å². The van der Waals surface area contributed by atoms with E-state index in [1.54, 1.807) is 0 Å². The summed E-state index contributed by atoms with van der Waals surface area (Å²) in [7, 11) is 0. The predicted molar refractivity (Wildman–Crippen MR) is 67.9 cm³/mol. The lowest BCUT2D eigenvalue weighted by Gasteiger charge is -2.16. The van der Waals surface area contributed by atoms with Gasteiger partial charge in [-0.25, -0.2) is 4.98 Å². The van der Waals surface area contributed by atoms with E-state index in [0.717, 1.165) is 30.2 Å². The van der Waals surface area contributed by atoms with Crippen molar-refractivity contribution in [2.45, 2.75) is 32.9 Å². The second kappa shape index (κ2) is 5.88. The van der Waals surface area contributed by atoms with E-state index >= 15 is 0 Å². The summed E-state index contributed by atoms with van der Waals surface area (Å²) in [6, 6.07) is 0.102. The van der Waals surface area contributed by atoms with Crippen molar-refractivity contribution in [1.82, 2.24) is 24.5 Å². The Morgan fingerprint density at radius 1 is 1.47 bits per heavy atom. The largest absolute Gasteiger partial charge is 0.334 e. The van der Waals surface area contributed by atoms with Crippen LogP contribution in [-0.4, -0.2) is 25.7 Å². The van der Waals surface area contributed by atoms with Crippen LogP contribution in [0.15, 0.2) is 18.6 Å². The number of nitrogens with zero attached hydrogens (tertiary/aromatic N) is 4. The van der Waals surface area contributed by atoms with Gasteiger partial charge in [0.05, 0.1) is 11.1 Å². The summed E-state index contributed by atoms with van der Waals surface area (Å²) < 4.78 is 6.08. The van der Waals surface area contributed by atoms with E-state index in [2.05, 4.69) is 38.3 Å². The average Bonchev–Trinajstić information content (AvgIpc) is 3.00. The van der Waals surface area contributed by atoms with Gasteiger partial charge in [-0.1, -0.05) is 11.4 Å². The first-order valence-electron chi connectivity index (χ1n) is 5.88. The standard InChI is InChI=1S/C11H17N5S/c1-3-5-12-10(9-8-14-15-17-9)11-13-6-7-16(11)4-2/h6-8,10,12H,3-5H2,1-2H3. The molecule has 1 atom stereocenters. The number of imidazole rings is 1. The van der Waals surface area contributed by atoms with Gasteiger partial charge in [-0.05, 0) is 31.4 Å². The monoisotopic (exact) mass is 251 g/mol. The molecule has 2 heterocycles. The van der Waals surface area contributed by atoms with Crippen LogP contribution in [0.4, 0.5) is 0 Å². The van der Waals surface area contributed by atoms with Crippen LogP contribution in [0.5, 0.6) is 0 Å². The molecule has 0 aliphatic rings. The van der Waals surface area contributed by atoms with Gasteiger partial charge in [0.1, 0.15) is 11.9 Å². The third-order valence-corrected chi connectivity index (χ3v) is 3.34. The van der Waals surface area contributed by atoms with Gasteiger partial charge in [-0.2, -0.15) is 0 Å². The molecule has 1 unspecified atom stereocenters. The first kappa shape index (κ1) is 12.2. The number of nitrogens with one attached hydrogen (secondary N) is 1. The van der Waals surface area contributed by atoms with Crippen LogP contribution < -0.4 is 5.32 Å². The Morgan fingerprint density at radius 2 is 2.35 bits per heavy atom. The van der Waals surface area contributed by atoms with Crippen LogP contribution in [0.1, 0.15) is 37.0 Å². The van der Waals surface area contributed by atoms with E-state index < -0.39 is 0 Å². The normalized spacial score (nSPS) is 12.8. The summed E-state index contributed by atoms with van der Waals surface area (Å²) in [6.45, 7) is 6.15. The van der Waals surface area contributed by atoms with Crippen LogP contribution in [-0.2, 0) is 6.54 Å². The highest BCUT2D eigenvalue weighted by molar-refractivity contribution is 7.05. The second-order valence-electron chi connectivity index (χ2n) is 3.78. The van der Waals surface area contributed by atoms with Gasteiger partial charge in [-0.15, -0.1) is 5.10 Å². The Morgan fingerprint density at radius 3 is 3.00 bits per heavy atom. The maximum atomic E-state index is 4.45. The molecule has 92 valence electrons. The first-order chi connectivity index (χ1) is 8.36. The van der Waals surface area contributed by atoms with Crippen molar-refractivity contribution in [1.29, 1.82) is 0 Å². The fourth-order valence-corrected chi connectivity index (χ4v) is 2.34. The van der Waals surface area contributed by atoms with Gasteiger partial charge in [0.2, 0.25) is 0 Å². The minimum Gasteiger partial charge on any atom is -0.334 e. The third-order valence-electron chi connectivity index (χ3n) is 2.61. The Hall–Kier alpha value is -1.27. The Kier molecular flexibility index (Phi) is 4.22. The zero-order valence-electron chi connectivity index (χ0n) is 10.1. The van der Waals surface area contributed by atoms with Gasteiger partial charge in [0.25, 0.3) is 0 Å². The minimum atomic E-state index is 0.102. The molecular weight excluding hydrogens is 234 g/mol. The van der Waals surface area contributed by atoms with Crippen LogP contribution in [0, 0.1) is 0 Å². The Labute approximate surface area is 105 Å². The van der Waals surface area contributed by atoms with Gasteiger partial charge < -0.3 is 9.88 Å². The van der Waals surface area contributed by atoms with Crippen molar-refractivity contribution in [3.8, 4) is 0 Å². The van der Waals surface area contributed by atoms with Crippen molar-refractivity contribution in [2.24, 2.45) is 0 Å². The quantitative estimate of drug-likeness (QED) is 0.851. The molecule has 0 amide bonds. The Balaban J connectivity index is 2.27. The fourth-order valence-electron chi connectivity index (χ4n) is 1.76. The SMILES string of the molecule is CCCNC(c1cnns1)c1nccn1CC. The number of rotatable bonds is 6. The summed E-state index contributed by atoms with van der Waals surface area (Å²) in [6.07, 6.45) is 6.75. The van der Waals surface area contributed by atoms with Gasteiger partial charge in [0, 0.05) is 18.9 Å². The number of hydrogen-bond donors (Lipinski definition) is 1. The van der Waals surface area contributed by atoms with E-state index in [0.29, 0.717) is 0 Å². The molecule has 2 aromatic rings. The molecule has 0 aliphatic carbocycles. The summed E-state index contributed by atoms with van der Waals surface area (Å²) in [4.78, 5) is 5.56. The molecule has 1 N–H and O–H groups in total. The zero-order valence-corrected chi connectivity index (χ0v) is 10.9. The smallest absolute Gasteiger partial charge is 0.131 e. The van der Waals surface area contributed by atoms with Gasteiger partial charge in [0.15, 0.2) is 0 Å². The molecule has 6 heteroatoms. The fraction of sp³-hybridized carbons (Fsp3) is 0.545. The highest BCUT2D eigenvalue weighted by Crippen LogP contribution is 2.22. The maximum Gasteiger partial charge on any atom is 0.131 e. The van der Waals surface area contributed by atoms with E-state index in [4.69, 9.17) is 0 Å². The molecular formula is C11H17N5S. The topological polar surface area (TPSA) is 55.6 Å². The molecule has 0 spiro atoms. The van der Waals surface area contributed by atoms with Gasteiger partial charge >= 0.3 is 0 Å². The van der Waals surface area contributed by atoms with Crippen molar-refractivity contribution >= 4 is 11.5 Å². The molecule has 0 saturated carbocycles. The van der Waals surface area contributed by atoms with Crippen molar-refractivity contribution < 1.29 is 0 Å². The first-order valence-corrected chi connectivity index (χ1v) is 6.65. The van der Waals surface area contributed by atoms with E-state index in [1.807, 2.05) is 18.6 Å². The predicted octanol–water partition coefficient (Wildman–Crippen LogP) is 1.84. The molecule has 0 bridgehead atoms. The molecule has 17 heavy (non-hydrogen) atoms. The lowest BCUT2D eigenvalue weighted by molar-refractivity contribution is 0.547. The van der Waals surface area contributed by atoms with Crippen molar-refractivity contribution in [2.75, 3.05) is 6.54 Å². The summed E-state index contributed by atoms with van der Waals surface area (Å²) in [5.74, 6) is 1.03. The maximum absolute atomic E-state index is 4.45. The summed E-state index contributed by atoms with van der Waals surface area (Å²) in [5.41, 5.74) is 0. The molecule has 0 aromatic carbocycles. The van der Waals surface area contributed by atoms with Crippen LogP contribution in [0.25, 0.3) is 0 Å². The number of aromatic nitrogens is 4. The van der Waals surface area contributed by atoms with Crippen LogP contribution in [0.2, 0.25) is 0 Å². The van der Waals surface area contributed by atoms with Gasteiger partial charge in [-0.3, -0.25) is 0 Å². The van der Waals surface area contributed by atoms with Crippen molar-refractivity contribution in [3.63, 3.8) is 0 Å². The van der Waals surface area contributed by atoms with Crippen molar-refractivity contribution in [3.05, 3.63) is 29.3 Å². The lowest BCUT2D eigenvalue weighted by atomic mass is 10.2. The highest BCUT2D eigenvalue weighted by atomic mass is 32.1. The average molecular weight is 251 g/mol. The third kappa shape index (κ3) is 2.70. The minimum absolute atomic E-state index is 0.102. The molecule has 0 saturated heterocycles. The molecule has 0 radical (unpaired) electrons. The number of hydrogen-bond acceptors (Lipinski definition) is 5. The Bertz CT molecular complexity index is 436. The molecule has 0 aliphatic heterocycles. The highest BCUT2D eigenvalue weighted by Gasteiger charge is 2.19. The molecule has 0 fully saturated rings. The zero-order chi connectivity index (χ0) is 12.1. The van der Waals surface area contributed by atoms with E-state index in [9.17, 15) is 0 Å². The van der Waals surface area contributed by atoms with Crippen LogP contribution in [0.3, 0.4) is 0 Å². The summed E-state index contributed by atoms with van der Waals surface area (Å²) in [5, 5.41) is 7.40. The molecule has 5 nitrogen and oxygen atoms in total. The molecule has 2 rings (SSSR count). The lowest BCUT2D eigenvalue weighted by Crippen LogP contribution is -2.25. The second-order valence-corrected chi connectivity index (χ2v) is 4.60. The molecule has 2 aromatic heterocycles.